The molecule has 2 N–H and O–H groups in total. The molecule has 1 spiro atoms. The smallest absolute Gasteiger partial charge is 0.306 e. The number of nitrogens with one attached hydrogen (secondary N) is 2. The van der Waals surface area contributed by atoms with Gasteiger partial charge >= 0.3 is 5.97 Å². The number of rotatable bonds is 3. The van der Waals surface area contributed by atoms with Crippen LogP contribution in [-0.4, -0.2) is 29.3 Å². The van der Waals surface area contributed by atoms with Gasteiger partial charge in [-0.1, -0.05) is 0 Å². The summed E-state index contributed by atoms with van der Waals surface area (Å²) in [6, 6.07) is 0. The summed E-state index contributed by atoms with van der Waals surface area (Å²) >= 11 is 0. The summed E-state index contributed by atoms with van der Waals surface area (Å²) in [5.74, 6) is 0.374. The first-order chi connectivity index (χ1) is 9.20. The van der Waals surface area contributed by atoms with Crippen molar-refractivity contribution in [3.8, 4) is 0 Å². The molecule has 2 rings (SSSR count). The SMILES string of the molecule is CCOC(=O)CC1CCCC2(C1)NC(C)(C)C(C)(C)N2. The van der Waals surface area contributed by atoms with Gasteiger partial charge in [0.25, 0.3) is 0 Å². The monoisotopic (exact) mass is 282 g/mol. The number of esters is 1. The summed E-state index contributed by atoms with van der Waals surface area (Å²) in [7, 11) is 0. The third-order valence-electron chi connectivity index (χ3n) is 5.28. The molecule has 116 valence electrons. The Hall–Kier alpha value is -0.610. The zero-order chi connectivity index (χ0) is 15.0. The van der Waals surface area contributed by atoms with E-state index in [9.17, 15) is 4.79 Å². The van der Waals surface area contributed by atoms with Crippen LogP contribution in [-0.2, 0) is 9.53 Å². The molecule has 0 aromatic rings. The van der Waals surface area contributed by atoms with Crippen LogP contribution in [0.3, 0.4) is 0 Å². The van der Waals surface area contributed by atoms with Gasteiger partial charge in [0.1, 0.15) is 0 Å². The summed E-state index contributed by atoms with van der Waals surface area (Å²) in [4.78, 5) is 11.7. The molecule has 4 heteroatoms. The number of hydrogen-bond donors (Lipinski definition) is 2. The van der Waals surface area contributed by atoms with Crippen LogP contribution in [0.15, 0.2) is 0 Å². The van der Waals surface area contributed by atoms with Crippen molar-refractivity contribution in [3.05, 3.63) is 0 Å². The molecule has 1 unspecified atom stereocenters. The highest BCUT2D eigenvalue weighted by atomic mass is 16.5. The predicted octanol–water partition coefficient (Wildman–Crippen LogP) is 2.58. The fourth-order valence-electron chi connectivity index (χ4n) is 3.79. The van der Waals surface area contributed by atoms with Gasteiger partial charge < -0.3 is 4.74 Å². The number of ether oxygens (including phenoxy) is 1. The van der Waals surface area contributed by atoms with Gasteiger partial charge in [-0.2, -0.15) is 0 Å². The zero-order valence-electron chi connectivity index (χ0n) is 13.6. The number of hydrogen-bond acceptors (Lipinski definition) is 4. The molecule has 1 saturated carbocycles. The zero-order valence-corrected chi connectivity index (χ0v) is 13.6. The summed E-state index contributed by atoms with van der Waals surface area (Å²) in [5.41, 5.74) is 0.0973. The first-order valence-electron chi connectivity index (χ1n) is 7.94. The van der Waals surface area contributed by atoms with Crippen molar-refractivity contribution in [1.82, 2.24) is 10.6 Å². The van der Waals surface area contributed by atoms with Crippen molar-refractivity contribution >= 4 is 5.97 Å². The van der Waals surface area contributed by atoms with E-state index in [1.807, 2.05) is 6.92 Å². The molecule has 1 saturated heterocycles. The van der Waals surface area contributed by atoms with Gasteiger partial charge in [0.2, 0.25) is 0 Å². The summed E-state index contributed by atoms with van der Waals surface area (Å²) in [6.07, 6.45) is 5.00. The number of carbonyl (C=O) groups is 1. The normalized spacial score (nSPS) is 30.4. The summed E-state index contributed by atoms with van der Waals surface area (Å²) in [6.45, 7) is 11.4. The Morgan fingerprint density at radius 2 is 1.80 bits per heavy atom. The topological polar surface area (TPSA) is 50.4 Å². The lowest BCUT2D eigenvalue weighted by molar-refractivity contribution is -0.144. The van der Waals surface area contributed by atoms with E-state index in [4.69, 9.17) is 4.74 Å². The fraction of sp³-hybridized carbons (Fsp3) is 0.938. The molecular formula is C16H30N2O2. The highest BCUT2D eigenvalue weighted by Gasteiger charge is 2.54. The lowest BCUT2D eigenvalue weighted by Gasteiger charge is -2.39. The second-order valence-electron chi connectivity index (χ2n) is 7.55. The molecule has 1 aliphatic carbocycles. The Labute approximate surface area is 123 Å². The second kappa shape index (κ2) is 5.30. The minimum Gasteiger partial charge on any atom is -0.466 e. The Morgan fingerprint density at radius 1 is 1.20 bits per heavy atom. The van der Waals surface area contributed by atoms with Crippen molar-refractivity contribution in [2.75, 3.05) is 6.61 Å². The van der Waals surface area contributed by atoms with Crippen LogP contribution >= 0.6 is 0 Å². The summed E-state index contributed by atoms with van der Waals surface area (Å²) in [5, 5.41) is 7.62. The molecule has 2 aliphatic rings. The second-order valence-corrected chi connectivity index (χ2v) is 7.55. The van der Waals surface area contributed by atoms with Gasteiger partial charge in [0.15, 0.2) is 0 Å². The molecular weight excluding hydrogens is 252 g/mol. The van der Waals surface area contributed by atoms with Gasteiger partial charge in [-0.15, -0.1) is 0 Å². The van der Waals surface area contributed by atoms with Gasteiger partial charge in [0.05, 0.1) is 12.3 Å². The Kier molecular flexibility index (Phi) is 4.18. The van der Waals surface area contributed by atoms with E-state index < -0.39 is 0 Å². The first-order valence-corrected chi connectivity index (χ1v) is 7.94. The molecule has 1 aliphatic heterocycles. The lowest BCUT2D eigenvalue weighted by atomic mass is 9.79. The van der Waals surface area contributed by atoms with E-state index in [1.54, 1.807) is 0 Å². The Bertz CT molecular complexity index is 361. The highest BCUT2D eigenvalue weighted by Crippen LogP contribution is 2.41. The third-order valence-corrected chi connectivity index (χ3v) is 5.28. The van der Waals surface area contributed by atoms with Crippen LogP contribution in [0, 0.1) is 5.92 Å². The molecule has 20 heavy (non-hydrogen) atoms. The van der Waals surface area contributed by atoms with E-state index in [0.717, 1.165) is 25.7 Å². The van der Waals surface area contributed by atoms with Crippen molar-refractivity contribution in [2.45, 2.75) is 83.5 Å². The van der Waals surface area contributed by atoms with Crippen LogP contribution in [0.2, 0.25) is 0 Å². The van der Waals surface area contributed by atoms with Crippen molar-refractivity contribution in [1.29, 1.82) is 0 Å². The Balaban J connectivity index is 2.02. The maximum absolute atomic E-state index is 11.7. The Morgan fingerprint density at radius 3 is 2.35 bits per heavy atom. The molecule has 4 nitrogen and oxygen atoms in total. The molecule has 2 fully saturated rings. The van der Waals surface area contributed by atoms with E-state index >= 15 is 0 Å². The van der Waals surface area contributed by atoms with Crippen LogP contribution in [0.4, 0.5) is 0 Å². The molecule has 1 atom stereocenters. The van der Waals surface area contributed by atoms with Gasteiger partial charge in [-0.05, 0) is 66.2 Å². The minimum atomic E-state index is -0.0499. The van der Waals surface area contributed by atoms with Crippen LogP contribution in [0.1, 0.15) is 66.7 Å². The third kappa shape index (κ3) is 3.01. The van der Waals surface area contributed by atoms with Gasteiger partial charge in [0, 0.05) is 17.5 Å². The molecule has 1 heterocycles. The van der Waals surface area contributed by atoms with Crippen molar-refractivity contribution < 1.29 is 9.53 Å². The lowest BCUT2D eigenvalue weighted by Crippen LogP contribution is -2.55. The van der Waals surface area contributed by atoms with Crippen molar-refractivity contribution in [3.63, 3.8) is 0 Å². The molecule has 0 aromatic carbocycles. The highest BCUT2D eigenvalue weighted by molar-refractivity contribution is 5.69. The van der Waals surface area contributed by atoms with E-state index in [2.05, 4.69) is 38.3 Å². The molecule has 0 bridgehead atoms. The van der Waals surface area contributed by atoms with Gasteiger partial charge in [-0.25, -0.2) is 0 Å². The average molecular weight is 282 g/mol. The predicted molar refractivity (Wildman–Crippen MR) is 80.4 cm³/mol. The molecule has 0 aromatic heterocycles. The molecule has 0 amide bonds. The van der Waals surface area contributed by atoms with E-state index in [1.165, 1.54) is 0 Å². The maximum Gasteiger partial charge on any atom is 0.306 e. The first kappa shape index (κ1) is 15.8. The van der Waals surface area contributed by atoms with Crippen molar-refractivity contribution in [2.24, 2.45) is 5.92 Å². The maximum atomic E-state index is 11.7. The van der Waals surface area contributed by atoms with Crippen LogP contribution < -0.4 is 10.6 Å². The van der Waals surface area contributed by atoms with E-state index in [-0.39, 0.29) is 22.7 Å². The standard InChI is InChI=1S/C16H30N2O2/c1-6-20-13(19)10-12-8-7-9-16(11-12)17-14(2,3)15(4,5)18-16/h12,17-18H,6-11H2,1-5H3. The fourth-order valence-corrected chi connectivity index (χ4v) is 3.79. The molecule has 0 radical (unpaired) electrons. The van der Waals surface area contributed by atoms with Crippen LogP contribution in [0.5, 0.6) is 0 Å². The van der Waals surface area contributed by atoms with E-state index in [0.29, 0.717) is 18.9 Å². The van der Waals surface area contributed by atoms with Gasteiger partial charge in [-0.3, -0.25) is 15.4 Å². The largest absolute Gasteiger partial charge is 0.466 e. The van der Waals surface area contributed by atoms with Crippen LogP contribution in [0.25, 0.3) is 0 Å². The minimum absolute atomic E-state index is 0.0115. The summed E-state index contributed by atoms with van der Waals surface area (Å²) < 4.78 is 5.10. The number of carbonyl (C=O) groups excluding carboxylic acids is 1. The average Bonchev–Trinajstić information content (AvgIpc) is 2.43. The quantitative estimate of drug-likeness (QED) is 0.781.